The lowest BCUT2D eigenvalue weighted by atomic mass is 10.1. The molecule has 21 heavy (non-hydrogen) atoms. The molecule has 0 aliphatic rings. The number of aryl methyl sites for hydroxylation is 1. The number of ether oxygens (including phenoxy) is 2. The van der Waals surface area contributed by atoms with E-state index in [1.807, 2.05) is 25.1 Å². The third-order valence-electron chi connectivity index (χ3n) is 3.25. The van der Waals surface area contributed by atoms with Crippen LogP contribution in [0.15, 0.2) is 30.3 Å². The highest BCUT2D eigenvalue weighted by atomic mass is 32.1. The second-order valence-electron chi connectivity index (χ2n) is 5.17. The molecule has 0 amide bonds. The van der Waals surface area contributed by atoms with Crippen LogP contribution in [0.25, 0.3) is 0 Å². The molecule has 0 radical (unpaired) electrons. The minimum absolute atomic E-state index is 0.0906. The van der Waals surface area contributed by atoms with E-state index >= 15 is 0 Å². The van der Waals surface area contributed by atoms with Crippen LogP contribution in [0.2, 0.25) is 0 Å². The van der Waals surface area contributed by atoms with Crippen LogP contribution in [0.1, 0.15) is 29.2 Å². The van der Waals surface area contributed by atoms with Crippen molar-refractivity contribution in [3.8, 4) is 11.5 Å². The molecule has 0 aliphatic carbocycles. The van der Waals surface area contributed by atoms with E-state index in [9.17, 15) is 0 Å². The van der Waals surface area contributed by atoms with Crippen molar-refractivity contribution < 1.29 is 9.47 Å². The lowest BCUT2D eigenvalue weighted by Crippen LogP contribution is -2.18. The van der Waals surface area contributed by atoms with Gasteiger partial charge in [0.25, 0.3) is 0 Å². The number of methoxy groups -OCH3 is 1. The number of hydrogen-bond donors (Lipinski definition) is 1. The van der Waals surface area contributed by atoms with Crippen molar-refractivity contribution in [3.05, 3.63) is 45.6 Å². The number of benzene rings is 1. The average Bonchev–Trinajstić information content (AvgIpc) is 2.93. The lowest BCUT2D eigenvalue weighted by Gasteiger charge is -2.14. The minimum atomic E-state index is 0.0906. The average molecular weight is 305 g/mol. The lowest BCUT2D eigenvalue weighted by molar-refractivity contribution is 0.305. The van der Waals surface area contributed by atoms with Gasteiger partial charge in [-0.3, -0.25) is 0 Å². The highest BCUT2D eigenvalue weighted by Crippen LogP contribution is 2.27. The van der Waals surface area contributed by atoms with Gasteiger partial charge in [0.15, 0.2) is 0 Å². The summed E-state index contributed by atoms with van der Waals surface area (Å²) in [4.78, 5) is 2.63. The Morgan fingerprint density at radius 3 is 2.57 bits per heavy atom. The molecule has 1 atom stereocenters. The van der Waals surface area contributed by atoms with Gasteiger partial charge in [-0.2, -0.15) is 0 Å². The summed E-state index contributed by atoms with van der Waals surface area (Å²) in [5.74, 6) is 1.72. The van der Waals surface area contributed by atoms with Crippen molar-refractivity contribution in [2.45, 2.75) is 39.3 Å². The molecule has 4 heteroatoms. The van der Waals surface area contributed by atoms with Crippen LogP contribution >= 0.6 is 11.3 Å². The van der Waals surface area contributed by atoms with Crippen molar-refractivity contribution in [2.75, 3.05) is 7.11 Å². The molecular formula is C17H23NO2S. The van der Waals surface area contributed by atoms with Gasteiger partial charge in [0.2, 0.25) is 0 Å². The van der Waals surface area contributed by atoms with E-state index < -0.39 is 0 Å². The molecule has 0 bridgehead atoms. The standard InChI is InChI=1S/C17H23NO2S/c1-4-15-6-7-16(21-15)11-20-17-8-5-14(19-3)10-13(17)9-12(2)18/h5-8,10,12H,4,9,11,18H2,1-3H3. The first-order valence-corrected chi connectivity index (χ1v) is 8.07. The van der Waals surface area contributed by atoms with Crippen LogP contribution in [-0.2, 0) is 19.4 Å². The molecule has 0 saturated heterocycles. The van der Waals surface area contributed by atoms with E-state index in [0.29, 0.717) is 6.61 Å². The van der Waals surface area contributed by atoms with Crippen molar-refractivity contribution in [1.29, 1.82) is 0 Å². The summed E-state index contributed by atoms with van der Waals surface area (Å²) >= 11 is 1.81. The Bertz CT molecular complexity index is 578. The Balaban J connectivity index is 2.10. The predicted molar refractivity (Wildman–Crippen MR) is 88.4 cm³/mol. The first-order chi connectivity index (χ1) is 10.1. The topological polar surface area (TPSA) is 44.5 Å². The number of nitrogens with two attached hydrogens (primary N) is 1. The fourth-order valence-corrected chi connectivity index (χ4v) is 3.04. The van der Waals surface area contributed by atoms with E-state index in [0.717, 1.165) is 29.9 Å². The van der Waals surface area contributed by atoms with E-state index in [2.05, 4.69) is 19.1 Å². The smallest absolute Gasteiger partial charge is 0.123 e. The highest BCUT2D eigenvalue weighted by Gasteiger charge is 2.09. The molecule has 3 nitrogen and oxygen atoms in total. The van der Waals surface area contributed by atoms with Gasteiger partial charge in [0.1, 0.15) is 18.1 Å². The number of rotatable bonds is 7. The fraction of sp³-hybridized carbons (Fsp3) is 0.412. The summed E-state index contributed by atoms with van der Waals surface area (Å²) in [6, 6.07) is 10.3. The molecule has 2 N–H and O–H groups in total. The van der Waals surface area contributed by atoms with Crippen LogP contribution in [-0.4, -0.2) is 13.2 Å². The van der Waals surface area contributed by atoms with E-state index in [-0.39, 0.29) is 6.04 Å². The zero-order chi connectivity index (χ0) is 15.2. The van der Waals surface area contributed by atoms with Crippen LogP contribution in [0.4, 0.5) is 0 Å². The van der Waals surface area contributed by atoms with Gasteiger partial charge < -0.3 is 15.2 Å². The van der Waals surface area contributed by atoms with Gasteiger partial charge in [-0.15, -0.1) is 11.3 Å². The number of thiophene rings is 1. The van der Waals surface area contributed by atoms with Gasteiger partial charge in [0, 0.05) is 15.8 Å². The van der Waals surface area contributed by atoms with Gasteiger partial charge in [-0.05, 0) is 55.7 Å². The number of hydrogen-bond acceptors (Lipinski definition) is 4. The van der Waals surface area contributed by atoms with Gasteiger partial charge in [-0.25, -0.2) is 0 Å². The largest absolute Gasteiger partial charge is 0.497 e. The van der Waals surface area contributed by atoms with Gasteiger partial charge in [0.05, 0.1) is 7.11 Å². The van der Waals surface area contributed by atoms with Gasteiger partial charge >= 0.3 is 0 Å². The normalized spacial score (nSPS) is 12.2. The Labute approximate surface area is 130 Å². The summed E-state index contributed by atoms with van der Waals surface area (Å²) in [6.45, 7) is 4.76. The van der Waals surface area contributed by atoms with Crippen LogP contribution in [0.3, 0.4) is 0 Å². The molecule has 2 rings (SSSR count). The molecular weight excluding hydrogens is 282 g/mol. The SMILES string of the molecule is CCc1ccc(COc2ccc(OC)cc2CC(C)N)s1. The second kappa shape index (κ2) is 7.48. The van der Waals surface area contributed by atoms with Crippen molar-refractivity contribution >= 4 is 11.3 Å². The summed E-state index contributed by atoms with van der Waals surface area (Å²) in [5, 5.41) is 0. The monoisotopic (exact) mass is 305 g/mol. The molecule has 0 saturated carbocycles. The third kappa shape index (κ3) is 4.48. The molecule has 2 aromatic rings. The van der Waals surface area contributed by atoms with Crippen molar-refractivity contribution in [2.24, 2.45) is 5.73 Å². The second-order valence-corrected chi connectivity index (χ2v) is 6.42. The van der Waals surface area contributed by atoms with Crippen LogP contribution in [0.5, 0.6) is 11.5 Å². The third-order valence-corrected chi connectivity index (χ3v) is 4.45. The maximum absolute atomic E-state index is 5.98. The van der Waals surface area contributed by atoms with E-state index in [1.165, 1.54) is 9.75 Å². The molecule has 0 spiro atoms. The Hall–Kier alpha value is -1.52. The van der Waals surface area contributed by atoms with Crippen molar-refractivity contribution in [3.63, 3.8) is 0 Å². The van der Waals surface area contributed by atoms with Crippen LogP contribution < -0.4 is 15.2 Å². The quantitative estimate of drug-likeness (QED) is 0.846. The van der Waals surface area contributed by atoms with Crippen molar-refractivity contribution in [1.82, 2.24) is 0 Å². The predicted octanol–water partition coefficient (Wildman–Crippen LogP) is 3.79. The molecule has 0 fully saturated rings. The maximum atomic E-state index is 5.98. The molecule has 1 aromatic heterocycles. The Morgan fingerprint density at radius 1 is 1.19 bits per heavy atom. The summed E-state index contributed by atoms with van der Waals surface area (Å²) in [7, 11) is 1.67. The zero-order valence-electron chi connectivity index (χ0n) is 12.9. The summed E-state index contributed by atoms with van der Waals surface area (Å²) in [5.41, 5.74) is 7.01. The van der Waals surface area contributed by atoms with E-state index in [4.69, 9.17) is 15.2 Å². The molecule has 1 unspecified atom stereocenters. The summed E-state index contributed by atoms with van der Waals surface area (Å²) < 4.78 is 11.3. The fourth-order valence-electron chi connectivity index (χ4n) is 2.17. The molecule has 1 aromatic carbocycles. The molecule has 0 aliphatic heterocycles. The molecule has 1 heterocycles. The Kier molecular flexibility index (Phi) is 5.65. The first-order valence-electron chi connectivity index (χ1n) is 7.25. The Morgan fingerprint density at radius 2 is 1.95 bits per heavy atom. The van der Waals surface area contributed by atoms with Crippen LogP contribution in [0, 0.1) is 0 Å². The van der Waals surface area contributed by atoms with Gasteiger partial charge in [-0.1, -0.05) is 6.92 Å². The minimum Gasteiger partial charge on any atom is -0.497 e. The summed E-state index contributed by atoms with van der Waals surface area (Å²) in [6.07, 6.45) is 1.85. The first kappa shape index (κ1) is 15.9. The van der Waals surface area contributed by atoms with E-state index in [1.54, 1.807) is 18.4 Å². The maximum Gasteiger partial charge on any atom is 0.123 e. The molecule has 114 valence electrons. The zero-order valence-corrected chi connectivity index (χ0v) is 13.7. The highest BCUT2D eigenvalue weighted by molar-refractivity contribution is 7.11.